The third-order valence-corrected chi connectivity index (χ3v) is 8.97. The van der Waals surface area contributed by atoms with Crippen LogP contribution in [-0.2, 0) is 10.0 Å². The molecule has 0 fully saturated rings. The number of carbonyl (C=O) groups is 1. The number of hydrogen-bond donors (Lipinski definition) is 0. The second-order valence-electron chi connectivity index (χ2n) is 8.95. The third-order valence-electron chi connectivity index (χ3n) is 5.84. The molecule has 0 N–H and O–H groups in total. The SMILES string of the molecule is CCCN(CCC)S(=O)(=O)c1ccc(C(=O)N(CCN(C)C)c2nc3c(OC)ccc(C)c3s2)cc1. The summed E-state index contributed by atoms with van der Waals surface area (Å²) in [4.78, 5) is 22.3. The number of sulfonamides is 1. The van der Waals surface area contributed by atoms with Gasteiger partial charge in [-0.1, -0.05) is 31.3 Å². The zero-order chi connectivity index (χ0) is 26.5. The van der Waals surface area contributed by atoms with Crippen molar-refractivity contribution in [2.24, 2.45) is 0 Å². The summed E-state index contributed by atoms with van der Waals surface area (Å²) < 4.78 is 34.2. The van der Waals surface area contributed by atoms with Gasteiger partial charge in [-0.3, -0.25) is 9.69 Å². The van der Waals surface area contributed by atoms with Crippen LogP contribution in [-0.4, -0.2) is 75.9 Å². The lowest BCUT2D eigenvalue weighted by atomic mass is 10.2. The van der Waals surface area contributed by atoms with Gasteiger partial charge in [0.1, 0.15) is 11.3 Å². The standard InChI is InChI=1S/C26H36N4O4S2/c1-7-15-29(16-8-2)36(32,33)21-12-10-20(11-13-21)25(31)30(18-17-28(4)5)26-27-23-22(34-6)14-9-19(3)24(23)35-26/h9-14H,7-8,15-18H2,1-6H3. The van der Waals surface area contributed by atoms with Gasteiger partial charge in [0.2, 0.25) is 10.0 Å². The number of benzene rings is 2. The van der Waals surface area contributed by atoms with Crippen molar-refractivity contribution in [2.45, 2.75) is 38.5 Å². The smallest absolute Gasteiger partial charge is 0.260 e. The Balaban J connectivity index is 1.97. The highest BCUT2D eigenvalue weighted by Crippen LogP contribution is 2.36. The van der Waals surface area contributed by atoms with Crippen LogP contribution in [0.2, 0.25) is 0 Å². The molecule has 0 spiro atoms. The Morgan fingerprint density at radius 2 is 1.61 bits per heavy atom. The van der Waals surface area contributed by atoms with E-state index in [2.05, 4.69) is 0 Å². The van der Waals surface area contributed by atoms with E-state index in [0.717, 1.165) is 28.6 Å². The molecule has 3 aromatic rings. The molecule has 0 saturated carbocycles. The lowest BCUT2D eigenvalue weighted by Crippen LogP contribution is -2.36. The number of aromatic nitrogens is 1. The molecule has 0 aliphatic rings. The van der Waals surface area contributed by atoms with E-state index < -0.39 is 10.0 Å². The molecule has 36 heavy (non-hydrogen) atoms. The normalized spacial score (nSPS) is 12.0. The summed E-state index contributed by atoms with van der Waals surface area (Å²) in [7, 11) is 1.89. The van der Waals surface area contributed by atoms with Crippen LogP contribution in [0, 0.1) is 6.92 Å². The number of methoxy groups -OCH3 is 1. The van der Waals surface area contributed by atoms with E-state index in [1.54, 1.807) is 24.1 Å². The topological polar surface area (TPSA) is 83.1 Å². The number of nitrogens with zero attached hydrogens (tertiary/aromatic N) is 4. The Hall–Kier alpha value is -2.53. The van der Waals surface area contributed by atoms with Crippen molar-refractivity contribution in [2.75, 3.05) is 52.3 Å². The molecule has 1 aromatic heterocycles. The highest BCUT2D eigenvalue weighted by molar-refractivity contribution is 7.89. The lowest BCUT2D eigenvalue weighted by Gasteiger charge is -2.23. The van der Waals surface area contributed by atoms with Crippen molar-refractivity contribution in [3.05, 3.63) is 47.5 Å². The van der Waals surface area contributed by atoms with Crippen LogP contribution in [0.1, 0.15) is 42.6 Å². The molecule has 2 aromatic carbocycles. The number of fused-ring (bicyclic) bond motifs is 1. The van der Waals surface area contributed by atoms with Crippen molar-refractivity contribution in [3.8, 4) is 5.75 Å². The Morgan fingerprint density at radius 1 is 0.972 bits per heavy atom. The largest absolute Gasteiger partial charge is 0.494 e. The van der Waals surface area contributed by atoms with E-state index in [0.29, 0.717) is 42.6 Å². The number of hydrogen-bond acceptors (Lipinski definition) is 7. The quantitative estimate of drug-likeness (QED) is 0.338. The number of aryl methyl sites for hydroxylation is 1. The predicted molar refractivity (Wildman–Crippen MR) is 147 cm³/mol. The first-order chi connectivity index (χ1) is 17.1. The number of ether oxygens (including phenoxy) is 1. The molecule has 8 nitrogen and oxygen atoms in total. The van der Waals surface area contributed by atoms with Crippen LogP contribution >= 0.6 is 11.3 Å². The summed E-state index contributed by atoms with van der Waals surface area (Å²) in [6.07, 6.45) is 1.48. The van der Waals surface area contributed by atoms with Crippen LogP contribution in [0.25, 0.3) is 10.2 Å². The molecule has 0 aliphatic carbocycles. The van der Waals surface area contributed by atoms with Gasteiger partial charge in [0.05, 0.1) is 16.7 Å². The summed E-state index contributed by atoms with van der Waals surface area (Å²) in [6, 6.07) is 10.1. The van der Waals surface area contributed by atoms with Gasteiger partial charge in [-0.05, 0) is 69.8 Å². The van der Waals surface area contributed by atoms with Gasteiger partial charge in [0, 0.05) is 31.7 Å². The second kappa shape index (κ2) is 12.1. The molecule has 0 atom stereocenters. The molecule has 0 bridgehead atoms. The molecule has 3 rings (SSSR count). The van der Waals surface area contributed by atoms with Gasteiger partial charge in [-0.25, -0.2) is 13.4 Å². The van der Waals surface area contributed by atoms with Crippen molar-refractivity contribution in [3.63, 3.8) is 0 Å². The molecule has 10 heteroatoms. The minimum absolute atomic E-state index is 0.195. The Kier molecular flexibility index (Phi) is 9.46. The fourth-order valence-corrected chi connectivity index (χ4v) is 6.59. The second-order valence-corrected chi connectivity index (χ2v) is 11.9. The number of likely N-dealkylation sites (N-methyl/N-ethyl adjacent to an activating group) is 1. The molecular formula is C26H36N4O4S2. The van der Waals surface area contributed by atoms with E-state index in [1.165, 1.54) is 27.8 Å². The summed E-state index contributed by atoms with van der Waals surface area (Å²) in [6.45, 7) is 7.95. The zero-order valence-electron chi connectivity index (χ0n) is 21.9. The fraction of sp³-hybridized carbons (Fsp3) is 0.462. The summed E-state index contributed by atoms with van der Waals surface area (Å²) in [5.74, 6) is 0.437. The third kappa shape index (κ3) is 6.05. The summed E-state index contributed by atoms with van der Waals surface area (Å²) in [5, 5.41) is 0.582. The minimum Gasteiger partial charge on any atom is -0.494 e. The van der Waals surface area contributed by atoms with Gasteiger partial charge in [-0.15, -0.1) is 0 Å². The molecule has 0 unspecified atom stereocenters. The Bertz CT molecular complexity index is 1280. The van der Waals surface area contributed by atoms with Crippen LogP contribution < -0.4 is 9.64 Å². The predicted octanol–water partition coefficient (Wildman–Crippen LogP) is 4.63. The zero-order valence-corrected chi connectivity index (χ0v) is 23.6. The van der Waals surface area contributed by atoms with Gasteiger partial charge >= 0.3 is 0 Å². The molecule has 0 saturated heterocycles. The van der Waals surface area contributed by atoms with Gasteiger partial charge in [-0.2, -0.15) is 4.31 Å². The molecule has 1 amide bonds. The molecule has 196 valence electrons. The average Bonchev–Trinajstić information content (AvgIpc) is 3.30. The maximum Gasteiger partial charge on any atom is 0.260 e. The first kappa shape index (κ1) is 28.0. The van der Waals surface area contributed by atoms with E-state index in [9.17, 15) is 13.2 Å². The van der Waals surface area contributed by atoms with Crippen LogP contribution in [0.3, 0.4) is 0 Å². The minimum atomic E-state index is -3.61. The van der Waals surface area contributed by atoms with Crippen LogP contribution in [0.15, 0.2) is 41.3 Å². The number of anilines is 1. The van der Waals surface area contributed by atoms with Crippen LogP contribution in [0.5, 0.6) is 5.75 Å². The number of thiazole rings is 1. The van der Waals surface area contributed by atoms with Gasteiger partial charge < -0.3 is 9.64 Å². The van der Waals surface area contributed by atoms with E-state index in [1.807, 2.05) is 51.9 Å². The summed E-state index contributed by atoms with van der Waals surface area (Å²) in [5.41, 5.74) is 2.20. The van der Waals surface area contributed by atoms with E-state index in [4.69, 9.17) is 9.72 Å². The first-order valence-electron chi connectivity index (χ1n) is 12.1. The summed E-state index contributed by atoms with van der Waals surface area (Å²) >= 11 is 1.45. The fourth-order valence-electron chi connectivity index (χ4n) is 3.89. The van der Waals surface area contributed by atoms with Crippen LogP contribution in [0.4, 0.5) is 5.13 Å². The van der Waals surface area contributed by atoms with Crippen molar-refractivity contribution >= 4 is 42.6 Å². The van der Waals surface area contributed by atoms with Crippen molar-refractivity contribution in [1.82, 2.24) is 14.2 Å². The van der Waals surface area contributed by atoms with Gasteiger partial charge in [0.25, 0.3) is 5.91 Å². The maximum absolute atomic E-state index is 13.7. The van der Waals surface area contributed by atoms with Gasteiger partial charge in [0.15, 0.2) is 5.13 Å². The first-order valence-corrected chi connectivity index (χ1v) is 14.4. The number of rotatable bonds is 12. The van der Waals surface area contributed by atoms with E-state index >= 15 is 0 Å². The van der Waals surface area contributed by atoms with Crippen molar-refractivity contribution < 1.29 is 17.9 Å². The number of amides is 1. The monoisotopic (exact) mass is 532 g/mol. The maximum atomic E-state index is 13.7. The Morgan fingerprint density at radius 3 is 2.17 bits per heavy atom. The average molecular weight is 533 g/mol. The highest BCUT2D eigenvalue weighted by Gasteiger charge is 2.26. The molecular weight excluding hydrogens is 496 g/mol. The lowest BCUT2D eigenvalue weighted by molar-refractivity contribution is 0.0985. The van der Waals surface area contributed by atoms with E-state index in [-0.39, 0.29) is 10.8 Å². The Labute approximate surface area is 218 Å². The molecule has 0 radical (unpaired) electrons. The molecule has 0 aliphatic heterocycles. The van der Waals surface area contributed by atoms with Crippen molar-refractivity contribution in [1.29, 1.82) is 0 Å². The highest BCUT2D eigenvalue weighted by atomic mass is 32.2. The molecule has 1 heterocycles. The number of carbonyl (C=O) groups excluding carboxylic acids is 1.